The average Bonchev–Trinajstić information content (AvgIpc) is 3.49. The van der Waals surface area contributed by atoms with E-state index in [0.717, 1.165) is 5.56 Å². The van der Waals surface area contributed by atoms with Gasteiger partial charge in [-0.1, -0.05) is 6.07 Å². The molecule has 0 aliphatic heterocycles. The second-order valence-electron chi connectivity index (χ2n) is 5.89. The summed E-state index contributed by atoms with van der Waals surface area (Å²) >= 11 is 1.24. The lowest BCUT2D eigenvalue weighted by atomic mass is 10.2. The molecule has 4 aromatic rings. The van der Waals surface area contributed by atoms with E-state index in [-0.39, 0.29) is 24.0 Å². The van der Waals surface area contributed by atoms with Gasteiger partial charge in [0.1, 0.15) is 12.7 Å². The lowest BCUT2D eigenvalue weighted by Crippen LogP contribution is -2.24. The van der Waals surface area contributed by atoms with Crippen LogP contribution in [0.2, 0.25) is 0 Å². The molecule has 2 N–H and O–H groups in total. The third-order valence-electron chi connectivity index (χ3n) is 3.81. The number of aromatic nitrogens is 5. The second kappa shape index (κ2) is 8.44. The van der Waals surface area contributed by atoms with E-state index >= 15 is 0 Å². The van der Waals surface area contributed by atoms with E-state index in [4.69, 9.17) is 4.42 Å². The van der Waals surface area contributed by atoms with Gasteiger partial charge in [-0.25, -0.2) is 19.6 Å². The van der Waals surface area contributed by atoms with Crippen LogP contribution in [0.5, 0.6) is 0 Å². The Morgan fingerprint density at radius 3 is 2.90 bits per heavy atom. The van der Waals surface area contributed by atoms with E-state index in [1.54, 1.807) is 40.8 Å². The normalized spacial score (nSPS) is 10.6. The zero-order chi connectivity index (χ0) is 20.1. The first kappa shape index (κ1) is 18.5. The molecule has 0 bridgehead atoms. The van der Waals surface area contributed by atoms with Crippen molar-refractivity contribution in [3.05, 3.63) is 71.8 Å². The van der Waals surface area contributed by atoms with Gasteiger partial charge < -0.3 is 9.73 Å². The number of amides is 2. The summed E-state index contributed by atoms with van der Waals surface area (Å²) in [6.45, 7) is 0.343. The Labute approximate surface area is 168 Å². The first-order valence-electron chi connectivity index (χ1n) is 8.53. The monoisotopic (exact) mass is 409 g/mol. The highest BCUT2D eigenvalue weighted by Gasteiger charge is 2.13. The Morgan fingerprint density at radius 1 is 1.24 bits per heavy atom. The minimum atomic E-state index is -0.387. The molecule has 0 aliphatic rings. The summed E-state index contributed by atoms with van der Waals surface area (Å²) in [5, 5.41) is 11.6. The van der Waals surface area contributed by atoms with E-state index in [1.807, 2.05) is 6.07 Å². The fourth-order valence-electron chi connectivity index (χ4n) is 2.42. The minimum absolute atomic E-state index is 0.109. The number of furan rings is 1. The molecule has 0 fully saturated rings. The van der Waals surface area contributed by atoms with Gasteiger partial charge in [-0.2, -0.15) is 5.10 Å². The first-order valence-corrected chi connectivity index (χ1v) is 9.41. The number of hydrogen-bond acceptors (Lipinski definition) is 8. The zero-order valence-electron chi connectivity index (χ0n) is 15.0. The van der Waals surface area contributed by atoms with Crippen LogP contribution < -0.4 is 10.6 Å². The summed E-state index contributed by atoms with van der Waals surface area (Å²) in [6, 6.07) is 6.84. The van der Waals surface area contributed by atoms with Crippen molar-refractivity contribution in [1.29, 1.82) is 0 Å². The summed E-state index contributed by atoms with van der Waals surface area (Å²) in [5.41, 5.74) is 1.42. The number of pyridine rings is 1. The van der Waals surface area contributed by atoms with Gasteiger partial charge in [0.2, 0.25) is 5.91 Å². The molecule has 0 saturated carbocycles. The van der Waals surface area contributed by atoms with Crippen molar-refractivity contribution < 1.29 is 14.0 Å². The Hall–Kier alpha value is -3.86. The van der Waals surface area contributed by atoms with Crippen LogP contribution in [0.1, 0.15) is 21.8 Å². The zero-order valence-corrected chi connectivity index (χ0v) is 15.8. The highest BCUT2D eigenvalue weighted by Crippen LogP contribution is 2.17. The quantitative estimate of drug-likeness (QED) is 0.476. The summed E-state index contributed by atoms with van der Waals surface area (Å²) in [6.07, 6.45) is 6.19. The highest BCUT2D eigenvalue weighted by molar-refractivity contribution is 7.14. The molecule has 0 aliphatic carbocycles. The number of anilines is 1. The molecule has 0 radical (unpaired) electrons. The van der Waals surface area contributed by atoms with Gasteiger partial charge in [0.15, 0.2) is 16.7 Å². The molecule has 11 heteroatoms. The summed E-state index contributed by atoms with van der Waals surface area (Å²) in [7, 11) is 0. The third-order valence-corrected chi connectivity index (χ3v) is 4.62. The number of carbonyl (C=O) groups excluding carboxylic acids is 2. The van der Waals surface area contributed by atoms with E-state index in [2.05, 4.69) is 30.7 Å². The van der Waals surface area contributed by atoms with Crippen molar-refractivity contribution in [2.45, 2.75) is 13.0 Å². The maximum atomic E-state index is 12.2. The molecule has 146 valence electrons. The van der Waals surface area contributed by atoms with Crippen molar-refractivity contribution in [1.82, 2.24) is 30.0 Å². The van der Waals surface area contributed by atoms with Crippen molar-refractivity contribution in [3.8, 4) is 5.82 Å². The fraction of sp³-hybridized carbons (Fsp3) is 0.111. The van der Waals surface area contributed by atoms with Crippen LogP contribution in [0, 0.1) is 0 Å². The highest BCUT2D eigenvalue weighted by atomic mass is 32.1. The summed E-state index contributed by atoms with van der Waals surface area (Å²) < 4.78 is 6.58. The average molecular weight is 409 g/mol. The van der Waals surface area contributed by atoms with Crippen molar-refractivity contribution in [2.24, 2.45) is 0 Å². The van der Waals surface area contributed by atoms with E-state index in [9.17, 15) is 9.59 Å². The molecule has 4 heterocycles. The summed E-state index contributed by atoms with van der Waals surface area (Å²) in [5.74, 6) is 0.272. The Kier molecular flexibility index (Phi) is 5.38. The molecule has 4 rings (SSSR count). The summed E-state index contributed by atoms with van der Waals surface area (Å²) in [4.78, 5) is 36.5. The van der Waals surface area contributed by atoms with Crippen LogP contribution in [0.3, 0.4) is 0 Å². The van der Waals surface area contributed by atoms with Gasteiger partial charge in [-0.3, -0.25) is 14.9 Å². The van der Waals surface area contributed by atoms with Crippen molar-refractivity contribution in [3.63, 3.8) is 0 Å². The fourth-order valence-corrected chi connectivity index (χ4v) is 3.13. The second-order valence-corrected chi connectivity index (χ2v) is 6.75. The Balaban J connectivity index is 1.27. The maximum Gasteiger partial charge on any atom is 0.293 e. The molecule has 0 aromatic carbocycles. The van der Waals surface area contributed by atoms with Gasteiger partial charge in [-0.15, -0.1) is 11.3 Å². The molecular weight excluding hydrogens is 394 g/mol. The Morgan fingerprint density at radius 2 is 2.17 bits per heavy atom. The molecule has 10 nitrogen and oxygen atoms in total. The molecule has 2 amide bonds. The molecule has 0 saturated heterocycles. The van der Waals surface area contributed by atoms with E-state index in [0.29, 0.717) is 23.2 Å². The van der Waals surface area contributed by atoms with Crippen LogP contribution in [0.25, 0.3) is 5.82 Å². The molecular formula is C18H15N7O3S. The molecule has 29 heavy (non-hydrogen) atoms. The standard InChI is InChI=1S/C18H15N7O3S/c26-16(21-8-12-3-4-15(20-7-12)25-11-19-10-22-25)6-13-9-29-18(23-13)24-17(27)14-2-1-5-28-14/h1-5,7,9-11H,6,8H2,(H,21,26)(H,23,24,27). The maximum absolute atomic E-state index is 12.2. The number of nitrogens with one attached hydrogen (secondary N) is 2. The number of thiazole rings is 1. The smallest absolute Gasteiger partial charge is 0.293 e. The van der Waals surface area contributed by atoms with Gasteiger partial charge in [0, 0.05) is 18.1 Å². The molecule has 0 spiro atoms. The van der Waals surface area contributed by atoms with Crippen LogP contribution in [-0.2, 0) is 17.8 Å². The predicted octanol–water partition coefficient (Wildman–Crippen LogP) is 1.82. The minimum Gasteiger partial charge on any atom is -0.459 e. The van der Waals surface area contributed by atoms with Crippen molar-refractivity contribution in [2.75, 3.05) is 5.32 Å². The topological polar surface area (TPSA) is 128 Å². The van der Waals surface area contributed by atoms with E-state index < -0.39 is 0 Å². The van der Waals surface area contributed by atoms with Crippen molar-refractivity contribution >= 4 is 28.3 Å². The number of nitrogens with zero attached hydrogens (tertiary/aromatic N) is 5. The number of rotatable bonds is 7. The number of carbonyl (C=O) groups is 2. The third kappa shape index (κ3) is 4.71. The van der Waals surface area contributed by atoms with Crippen LogP contribution in [-0.4, -0.2) is 36.5 Å². The largest absolute Gasteiger partial charge is 0.459 e. The molecule has 0 atom stereocenters. The van der Waals surface area contributed by atoms with Crippen LogP contribution >= 0.6 is 11.3 Å². The first-order chi connectivity index (χ1) is 14.2. The number of hydrogen-bond donors (Lipinski definition) is 2. The van der Waals surface area contributed by atoms with E-state index in [1.165, 1.54) is 23.9 Å². The van der Waals surface area contributed by atoms with Gasteiger partial charge in [0.05, 0.1) is 18.4 Å². The molecule has 0 unspecified atom stereocenters. The lowest BCUT2D eigenvalue weighted by molar-refractivity contribution is -0.120. The van der Waals surface area contributed by atoms with Crippen LogP contribution in [0.4, 0.5) is 5.13 Å². The lowest BCUT2D eigenvalue weighted by Gasteiger charge is -2.05. The van der Waals surface area contributed by atoms with Crippen LogP contribution in [0.15, 0.2) is 59.2 Å². The predicted molar refractivity (Wildman–Crippen MR) is 103 cm³/mol. The van der Waals surface area contributed by atoms with Gasteiger partial charge in [0.25, 0.3) is 5.91 Å². The molecule has 4 aromatic heterocycles. The van der Waals surface area contributed by atoms with Gasteiger partial charge >= 0.3 is 0 Å². The van der Waals surface area contributed by atoms with Gasteiger partial charge in [-0.05, 0) is 23.8 Å². The SMILES string of the molecule is O=C(Cc1csc(NC(=O)c2ccco2)n1)NCc1ccc(-n2cncn2)nc1. The Bertz CT molecular complexity index is 1090.